The van der Waals surface area contributed by atoms with E-state index in [-0.39, 0.29) is 11.9 Å². The molecular weight excluding hydrogens is 374 g/mol. The summed E-state index contributed by atoms with van der Waals surface area (Å²) in [7, 11) is -3.49. The highest BCUT2D eigenvalue weighted by molar-refractivity contribution is 7.89. The topological polar surface area (TPSA) is 82.3 Å². The molecule has 6 nitrogen and oxygen atoms in total. The quantitative estimate of drug-likeness (QED) is 0.817. The van der Waals surface area contributed by atoms with E-state index >= 15 is 0 Å². The molecule has 0 bridgehead atoms. The van der Waals surface area contributed by atoms with E-state index in [9.17, 15) is 13.2 Å². The van der Waals surface area contributed by atoms with Crippen LogP contribution in [0.15, 0.2) is 29.2 Å². The van der Waals surface area contributed by atoms with Crippen LogP contribution in [0.2, 0.25) is 0 Å². The highest BCUT2D eigenvalue weighted by atomic mass is 32.2. The van der Waals surface area contributed by atoms with Crippen LogP contribution in [0.25, 0.3) is 10.9 Å². The Morgan fingerprint density at radius 2 is 1.79 bits per heavy atom. The van der Waals surface area contributed by atoms with Gasteiger partial charge in [-0.1, -0.05) is 26.2 Å². The van der Waals surface area contributed by atoms with Crippen molar-refractivity contribution in [2.75, 3.05) is 13.1 Å². The van der Waals surface area contributed by atoms with Gasteiger partial charge in [0.2, 0.25) is 10.0 Å². The fourth-order valence-corrected chi connectivity index (χ4v) is 5.78. The third-order valence-electron chi connectivity index (χ3n) is 6.16. The van der Waals surface area contributed by atoms with Crippen molar-refractivity contribution >= 4 is 26.8 Å². The van der Waals surface area contributed by atoms with Crippen molar-refractivity contribution in [3.8, 4) is 0 Å². The van der Waals surface area contributed by atoms with Crippen LogP contribution in [0.1, 0.15) is 62.4 Å². The van der Waals surface area contributed by atoms with Crippen molar-refractivity contribution < 1.29 is 13.2 Å². The molecule has 1 aliphatic carbocycles. The number of fused-ring (bicyclic) bond motifs is 1. The molecule has 0 atom stereocenters. The Balaban J connectivity index is 1.53. The van der Waals surface area contributed by atoms with Gasteiger partial charge in [-0.05, 0) is 55.9 Å². The van der Waals surface area contributed by atoms with Crippen LogP contribution in [0.3, 0.4) is 0 Å². The average Bonchev–Trinajstić information content (AvgIpc) is 3.13. The van der Waals surface area contributed by atoms with Crippen molar-refractivity contribution in [1.29, 1.82) is 0 Å². The number of nitrogens with zero attached hydrogens (tertiary/aromatic N) is 1. The van der Waals surface area contributed by atoms with Crippen LogP contribution in [0, 0.1) is 5.92 Å². The molecule has 2 N–H and O–H groups in total. The van der Waals surface area contributed by atoms with E-state index < -0.39 is 10.0 Å². The first-order valence-corrected chi connectivity index (χ1v) is 11.8. The number of carbonyl (C=O) groups is 1. The lowest BCUT2D eigenvalue weighted by Gasteiger charge is -2.29. The second-order valence-corrected chi connectivity index (χ2v) is 10.3. The van der Waals surface area contributed by atoms with Gasteiger partial charge in [-0.3, -0.25) is 4.79 Å². The first kappa shape index (κ1) is 19.5. The van der Waals surface area contributed by atoms with Crippen molar-refractivity contribution in [1.82, 2.24) is 14.6 Å². The number of rotatable bonds is 4. The first-order chi connectivity index (χ1) is 13.4. The Kier molecular flexibility index (Phi) is 5.47. The maximum atomic E-state index is 13.0. The zero-order valence-electron chi connectivity index (χ0n) is 16.4. The van der Waals surface area contributed by atoms with Crippen molar-refractivity contribution in [3.63, 3.8) is 0 Å². The molecule has 2 aromatic rings. The second kappa shape index (κ2) is 7.87. The SMILES string of the molecule is CC1CCN(S(=O)(=O)c2ccc3[nH]c(C(=O)NC4CCCCC4)cc3c2)CC1. The van der Waals surface area contributed by atoms with Crippen LogP contribution in [-0.4, -0.2) is 42.7 Å². The number of hydrogen-bond acceptors (Lipinski definition) is 3. The number of carbonyl (C=O) groups excluding carboxylic acids is 1. The fraction of sp³-hybridized carbons (Fsp3) is 0.571. The van der Waals surface area contributed by atoms with E-state index in [4.69, 9.17) is 0 Å². The van der Waals surface area contributed by atoms with Gasteiger partial charge in [0.1, 0.15) is 5.69 Å². The summed E-state index contributed by atoms with van der Waals surface area (Å²) < 4.78 is 27.5. The van der Waals surface area contributed by atoms with Gasteiger partial charge in [-0.2, -0.15) is 4.31 Å². The number of amides is 1. The molecule has 0 radical (unpaired) electrons. The van der Waals surface area contributed by atoms with Gasteiger partial charge in [0.15, 0.2) is 0 Å². The van der Waals surface area contributed by atoms with Crippen LogP contribution < -0.4 is 5.32 Å². The number of benzene rings is 1. The van der Waals surface area contributed by atoms with E-state index in [0.29, 0.717) is 29.6 Å². The minimum Gasteiger partial charge on any atom is -0.351 e. The highest BCUT2D eigenvalue weighted by Gasteiger charge is 2.28. The summed E-state index contributed by atoms with van der Waals surface area (Å²) in [5.41, 5.74) is 1.27. The zero-order chi connectivity index (χ0) is 19.7. The molecule has 7 heteroatoms. The highest BCUT2D eigenvalue weighted by Crippen LogP contribution is 2.26. The Morgan fingerprint density at radius 3 is 2.50 bits per heavy atom. The molecule has 1 aromatic heterocycles. The van der Waals surface area contributed by atoms with E-state index in [1.807, 2.05) is 0 Å². The van der Waals surface area contributed by atoms with E-state index in [1.54, 1.807) is 28.6 Å². The summed E-state index contributed by atoms with van der Waals surface area (Å²) in [5.74, 6) is 0.460. The smallest absolute Gasteiger partial charge is 0.267 e. The lowest BCUT2D eigenvalue weighted by Crippen LogP contribution is -2.37. The Bertz CT molecular complexity index is 952. The summed E-state index contributed by atoms with van der Waals surface area (Å²) in [4.78, 5) is 16.0. The van der Waals surface area contributed by atoms with Crippen molar-refractivity contribution in [2.45, 2.75) is 62.8 Å². The van der Waals surface area contributed by atoms with Gasteiger partial charge < -0.3 is 10.3 Å². The van der Waals surface area contributed by atoms with Crippen molar-refractivity contribution in [3.05, 3.63) is 30.0 Å². The van der Waals surface area contributed by atoms with E-state index in [0.717, 1.165) is 49.4 Å². The molecule has 1 amide bonds. The Morgan fingerprint density at radius 1 is 1.07 bits per heavy atom. The largest absolute Gasteiger partial charge is 0.351 e. The number of hydrogen-bond donors (Lipinski definition) is 2. The summed E-state index contributed by atoms with van der Waals surface area (Å²) >= 11 is 0. The molecule has 28 heavy (non-hydrogen) atoms. The van der Waals surface area contributed by atoms with Gasteiger partial charge in [-0.25, -0.2) is 8.42 Å². The zero-order valence-corrected chi connectivity index (χ0v) is 17.2. The molecule has 152 valence electrons. The number of aromatic nitrogens is 1. The lowest BCUT2D eigenvalue weighted by atomic mass is 9.95. The van der Waals surface area contributed by atoms with Crippen LogP contribution in [-0.2, 0) is 10.0 Å². The molecule has 0 spiro atoms. The number of piperidine rings is 1. The van der Waals surface area contributed by atoms with E-state index in [2.05, 4.69) is 17.2 Å². The third-order valence-corrected chi connectivity index (χ3v) is 8.05. The van der Waals surface area contributed by atoms with Gasteiger partial charge in [0.05, 0.1) is 4.90 Å². The van der Waals surface area contributed by atoms with Crippen LogP contribution >= 0.6 is 0 Å². The Hall–Kier alpha value is -1.86. The fourth-order valence-electron chi connectivity index (χ4n) is 4.28. The van der Waals surface area contributed by atoms with Gasteiger partial charge in [0.25, 0.3) is 5.91 Å². The number of aromatic amines is 1. The minimum atomic E-state index is -3.49. The second-order valence-electron chi connectivity index (χ2n) is 8.33. The number of H-pyrrole nitrogens is 1. The summed E-state index contributed by atoms with van der Waals surface area (Å²) in [6.45, 7) is 3.31. The number of nitrogens with one attached hydrogen (secondary N) is 2. The van der Waals surface area contributed by atoms with Crippen molar-refractivity contribution in [2.24, 2.45) is 5.92 Å². The predicted molar refractivity (Wildman–Crippen MR) is 110 cm³/mol. The van der Waals surface area contributed by atoms with Gasteiger partial charge >= 0.3 is 0 Å². The standard InChI is InChI=1S/C21H29N3O3S/c1-15-9-11-24(12-10-15)28(26,27)18-7-8-19-16(13-18)14-20(23-19)21(25)22-17-5-3-2-4-6-17/h7-8,13-15,17,23H,2-6,9-12H2,1H3,(H,22,25). The molecule has 1 aromatic carbocycles. The first-order valence-electron chi connectivity index (χ1n) is 10.4. The monoisotopic (exact) mass is 403 g/mol. The molecular formula is C21H29N3O3S. The normalized spacial score (nSPS) is 20.5. The molecule has 0 unspecified atom stereocenters. The predicted octanol–water partition coefficient (Wildman–Crippen LogP) is 3.65. The molecule has 2 fully saturated rings. The third kappa shape index (κ3) is 3.96. The minimum absolute atomic E-state index is 0.113. The maximum Gasteiger partial charge on any atom is 0.267 e. The van der Waals surface area contributed by atoms with Gasteiger partial charge in [0, 0.05) is 30.0 Å². The van der Waals surface area contributed by atoms with E-state index in [1.165, 1.54) is 6.42 Å². The van der Waals surface area contributed by atoms with Gasteiger partial charge in [-0.15, -0.1) is 0 Å². The molecule has 1 saturated heterocycles. The summed E-state index contributed by atoms with van der Waals surface area (Å²) in [5, 5.41) is 3.85. The average molecular weight is 404 g/mol. The number of sulfonamides is 1. The lowest BCUT2D eigenvalue weighted by molar-refractivity contribution is 0.0923. The van der Waals surface area contributed by atoms with Crippen LogP contribution in [0.5, 0.6) is 0 Å². The summed E-state index contributed by atoms with van der Waals surface area (Å²) in [6, 6.07) is 7.06. The summed E-state index contributed by atoms with van der Waals surface area (Å²) in [6.07, 6.45) is 7.42. The molecule has 2 aliphatic rings. The molecule has 2 heterocycles. The molecule has 4 rings (SSSR count). The Labute approximate surface area is 166 Å². The van der Waals surface area contributed by atoms with Crippen LogP contribution in [0.4, 0.5) is 0 Å². The maximum absolute atomic E-state index is 13.0. The molecule has 1 aliphatic heterocycles. The molecule has 1 saturated carbocycles.